The Morgan fingerprint density at radius 3 is 2.93 bits per heavy atom. The quantitative estimate of drug-likeness (QED) is 0.708. The van der Waals surface area contributed by atoms with Crippen molar-refractivity contribution in [1.82, 2.24) is 4.90 Å². The molecule has 86 valence electrons. The fourth-order valence-electron chi connectivity index (χ4n) is 2.53. The monoisotopic (exact) mass is 211 g/mol. The van der Waals surface area contributed by atoms with Crippen LogP contribution < -0.4 is 0 Å². The van der Waals surface area contributed by atoms with Crippen LogP contribution >= 0.6 is 0 Å². The zero-order valence-corrected chi connectivity index (χ0v) is 9.54. The number of likely N-dealkylation sites (tertiary alicyclic amines) is 1. The zero-order valence-electron chi connectivity index (χ0n) is 9.54. The molecule has 0 aromatic rings. The second kappa shape index (κ2) is 5.31. The predicted molar refractivity (Wildman–Crippen MR) is 60.8 cm³/mol. The molecule has 0 saturated carbocycles. The summed E-state index contributed by atoms with van der Waals surface area (Å²) in [6, 6.07) is 0. The number of piperidine rings is 1. The molecule has 0 aromatic heterocycles. The Bertz CT molecular complexity index is 236. The van der Waals surface area contributed by atoms with Crippen LogP contribution in [0, 0.1) is 5.41 Å². The molecular formula is C12H21NO2. The molecule has 0 bridgehead atoms. The van der Waals surface area contributed by atoms with Crippen molar-refractivity contribution in [3.63, 3.8) is 0 Å². The average molecular weight is 211 g/mol. The summed E-state index contributed by atoms with van der Waals surface area (Å²) in [5.74, 6) is -0.627. The summed E-state index contributed by atoms with van der Waals surface area (Å²) < 4.78 is 0. The van der Waals surface area contributed by atoms with Crippen molar-refractivity contribution < 1.29 is 9.90 Å². The van der Waals surface area contributed by atoms with E-state index in [0.717, 1.165) is 38.8 Å². The SMILES string of the molecule is C=CCN1CCCC(CCC)(C(=O)O)C1. The molecule has 0 radical (unpaired) electrons. The van der Waals surface area contributed by atoms with Gasteiger partial charge in [-0.1, -0.05) is 19.4 Å². The summed E-state index contributed by atoms with van der Waals surface area (Å²) in [5.41, 5.74) is -0.504. The van der Waals surface area contributed by atoms with E-state index < -0.39 is 11.4 Å². The molecule has 0 aromatic carbocycles. The maximum Gasteiger partial charge on any atom is 0.310 e. The molecule has 15 heavy (non-hydrogen) atoms. The van der Waals surface area contributed by atoms with Crippen LogP contribution in [-0.2, 0) is 4.79 Å². The summed E-state index contributed by atoms with van der Waals surface area (Å²) in [5, 5.41) is 9.35. The van der Waals surface area contributed by atoms with E-state index in [0.29, 0.717) is 6.54 Å². The number of carboxylic acid groups (broad SMARTS) is 1. The zero-order chi connectivity index (χ0) is 11.3. The van der Waals surface area contributed by atoms with Gasteiger partial charge in [-0.2, -0.15) is 0 Å². The lowest BCUT2D eigenvalue weighted by molar-refractivity contribution is -0.153. The van der Waals surface area contributed by atoms with Gasteiger partial charge in [0.05, 0.1) is 5.41 Å². The lowest BCUT2D eigenvalue weighted by atomic mass is 9.76. The van der Waals surface area contributed by atoms with Crippen LogP contribution in [0.15, 0.2) is 12.7 Å². The van der Waals surface area contributed by atoms with Crippen molar-refractivity contribution in [3.8, 4) is 0 Å². The fourth-order valence-corrected chi connectivity index (χ4v) is 2.53. The van der Waals surface area contributed by atoms with Crippen molar-refractivity contribution in [3.05, 3.63) is 12.7 Å². The molecule has 1 saturated heterocycles. The van der Waals surface area contributed by atoms with E-state index in [-0.39, 0.29) is 0 Å². The smallest absolute Gasteiger partial charge is 0.310 e. The first kappa shape index (κ1) is 12.2. The summed E-state index contributed by atoms with van der Waals surface area (Å²) in [6.45, 7) is 8.25. The van der Waals surface area contributed by atoms with Crippen LogP contribution in [0.25, 0.3) is 0 Å². The van der Waals surface area contributed by atoms with Gasteiger partial charge in [0.1, 0.15) is 0 Å². The Hall–Kier alpha value is -0.830. The van der Waals surface area contributed by atoms with Gasteiger partial charge < -0.3 is 5.11 Å². The Balaban J connectivity index is 2.70. The minimum atomic E-state index is -0.627. The first-order valence-corrected chi connectivity index (χ1v) is 5.71. The minimum Gasteiger partial charge on any atom is -0.481 e. The third-order valence-electron chi connectivity index (χ3n) is 3.23. The molecule has 1 rings (SSSR count). The third kappa shape index (κ3) is 2.81. The topological polar surface area (TPSA) is 40.5 Å². The molecule has 3 nitrogen and oxygen atoms in total. The molecule has 0 aliphatic carbocycles. The molecule has 0 spiro atoms. The highest BCUT2D eigenvalue weighted by Gasteiger charge is 2.41. The van der Waals surface area contributed by atoms with Crippen LogP contribution in [0.1, 0.15) is 32.6 Å². The molecule has 1 fully saturated rings. The molecule has 1 atom stereocenters. The number of hydrogen-bond acceptors (Lipinski definition) is 2. The van der Waals surface area contributed by atoms with Gasteiger partial charge in [0.15, 0.2) is 0 Å². The lowest BCUT2D eigenvalue weighted by Crippen LogP contribution is -2.47. The van der Waals surface area contributed by atoms with Gasteiger partial charge in [0, 0.05) is 13.1 Å². The van der Waals surface area contributed by atoms with Gasteiger partial charge in [0.2, 0.25) is 0 Å². The van der Waals surface area contributed by atoms with Crippen LogP contribution in [0.5, 0.6) is 0 Å². The first-order chi connectivity index (χ1) is 7.14. The van der Waals surface area contributed by atoms with Gasteiger partial charge in [-0.25, -0.2) is 0 Å². The summed E-state index contributed by atoms with van der Waals surface area (Å²) in [6.07, 6.45) is 5.39. The van der Waals surface area contributed by atoms with Crippen molar-refractivity contribution in [2.45, 2.75) is 32.6 Å². The molecule has 1 heterocycles. The number of rotatable bonds is 5. The first-order valence-electron chi connectivity index (χ1n) is 5.71. The molecule has 3 heteroatoms. The Kier molecular flexibility index (Phi) is 4.33. The van der Waals surface area contributed by atoms with E-state index in [4.69, 9.17) is 0 Å². The van der Waals surface area contributed by atoms with Crippen LogP contribution in [-0.4, -0.2) is 35.6 Å². The number of aliphatic carboxylic acids is 1. The van der Waals surface area contributed by atoms with Crippen LogP contribution in [0.4, 0.5) is 0 Å². The van der Waals surface area contributed by atoms with Gasteiger partial charge in [-0.15, -0.1) is 6.58 Å². The maximum absolute atomic E-state index is 11.4. The molecule has 1 aliphatic heterocycles. The Morgan fingerprint density at radius 1 is 1.67 bits per heavy atom. The Morgan fingerprint density at radius 2 is 2.40 bits per heavy atom. The molecule has 0 amide bonds. The summed E-state index contributed by atoms with van der Waals surface area (Å²) in [4.78, 5) is 13.6. The predicted octanol–water partition coefficient (Wildman–Crippen LogP) is 2.14. The standard InChI is InChI=1S/C12H21NO2/c1-3-6-12(11(14)15)7-5-9-13(10-12)8-4-2/h4H,2-3,5-10H2,1H3,(H,14,15). The minimum absolute atomic E-state index is 0.504. The van der Waals surface area contributed by atoms with Crippen molar-refractivity contribution in [2.75, 3.05) is 19.6 Å². The number of hydrogen-bond donors (Lipinski definition) is 1. The normalized spacial score (nSPS) is 27.5. The second-order valence-corrected chi connectivity index (χ2v) is 4.46. The molecule has 1 unspecified atom stereocenters. The van der Waals surface area contributed by atoms with Gasteiger partial charge >= 0.3 is 5.97 Å². The molecule has 1 N–H and O–H groups in total. The van der Waals surface area contributed by atoms with E-state index in [1.165, 1.54) is 0 Å². The summed E-state index contributed by atoms with van der Waals surface area (Å²) in [7, 11) is 0. The molecule has 1 aliphatic rings. The number of carbonyl (C=O) groups is 1. The van der Waals surface area contributed by atoms with E-state index in [9.17, 15) is 9.90 Å². The van der Waals surface area contributed by atoms with Crippen LogP contribution in [0.2, 0.25) is 0 Å². The largest absolute Gasteiger partial charge is 0.481 e. The lowest BCUT2D eigenvalue weighted by Gasteiger charge is -2.39. The van der Waals surface area contributed by atoms with Crippen molar-refractivity contribution >= 4 is 5.97 Å². The van der Waals surface area contributed by atoms with Crippen LogP contribution in [0.3, 0.4) is 0 Å². The van der Waals surface area contributed by atoms with E-state index in [2.05, 4.69) is 18.4 Å². The van der Waals surface area contributed by atoms with Crippen molar-refractivity contribution in [1.29, 1.82) is 0 Å². The fraction of sp³-hybridized carbons (Fsp3) is 0.750. The van der Waals surface area contributed by atoms with Gasteiger partial charge in [-0.05, 0) is 25.8 Å². The highest BCUT2D eigenvalue weighted by Crippen LogP contribution is 2.34. The molecular weight excluding hydrogens is 190 g/mol. The number of carboxylic acids is 1. The Labute approximate surface area is 91.8 Å². The van der Waals surface area contributed by atoms with E-state index in [1.54, 1.807) is 0 Å². The number of nitrogens with zero attached hydrogens (tertiary/aromatic N) is 1. The second-order valence-electron chi connectivity index (χ2n) is 4.46. The highest BCUT2D eigenvalue weighted by atomic mass is 16.4. The van der Waals surface area contributed by atoms with Gasteiger partial charge in [-0.3, -0.25) is 9.69 Å². The average Bonchev–Trinajstić information content (AvgIpc) is 2.19. The third-order valence-corrected chi connectivity index (χ3v) is 3.23. The van der Waals surface area contributed by atoms with Gasteiger partial charge in [0.25, 0.3) is 0 Å². The highest BCUT2D eigenvalue weighted by molar-refractivity contribution is 5.75. The summed E-state index contributed by atoms with van der Waals surface area (Å²) >= 11 is 0. The maximum atomic E-state index is 11.4. The van der Waals surface area contributed by atoms with E-state index >= 15 is 0 Å². The van der Waals surface area contributed by atoms with Crippen molar-refractivity contribution in [2.24, 2.45) is 5.41 Å². The van der Waals surface area contributed by atoms with E-state index in [1.807, 2.05) is 6.08 Å².